The third kappa shape index (κ3) is 3.46. The molecule has 4 heterocycles. The molecular weight excluding hydrogens is 370 g/mol. The van der Waals surface area contributed by atoms with Crippen molar-refractivity contribution in [2.24, 2.45) is 5.92 Å². The summed E-state index contributed by atoms with van der Waals surface area (Å²) >= 11 is 1.56. The molecule has 3 aromatic heterocycles. The maximum absolute atomic E-state index is 6.01. The van der Waals surface area contributed by atoms with Crippen molar-refractivity contribution in [2.45, 2.75) is 39.2 Å². The first-order valence-corrected chi connectivity index (χ1v) is 10.7. The Labute approximate surface area is 168 Å². The third-order valence-electron chi connectivity index (χ3n) is 5.46. The highest BCUT2D eigenvalue weighted by Gasteiger charge is 2.28. The van der Waals surface area contributed by atoms with Gasteiger partial charge in [-0.05, 0) is 32.6 Å². The first kappa shape index (κ1) is 17.6. The van der Waals surface area contributed by atoms with Crippen molar-refractivity contribution in [1.82, 2.24) is 19.9 Å². The molecule has 0 aromatic carbocycles. The average molecular weight is 394 g/mol. The Morgan fingerprint density at radius 2 is 2.11 bits per heavy atom. The fourth-order valence-corrected chi connectivity index (χ4v) is 4.20. The van der Waals surface area contributed by atoms with Crippen LogP contribution in [0.5, 0.6) is 5.75 Å². The Balaban J connectivity index is 1.40. The highest BCUT2D eigenvalue weighted by atomic mass is 32.1. The van der Waals surface area contributed by atoms with Crippen LogP contribution in [-0.2, 0) is 6.42 Å². The molecule has 144 valence electrons. The molecule has 5 rings (SSSR count). The van der Waals surface area contributed by atoms with Gasteiger partial charge in [-0.15, -0.1) is 11.3 Å². The van der Waals surface area contributed by atoms with Gasteiger partial charge in [0.15, 0.2) is 5.82 Å². The molecule has 1 unspecified atom stereocenters. The molecule has 1 atom stereocenters. The number of rotatable bonds is 5. The van der Waals surface area contributed by atoms with Gasteiger partial charge in [0.25, 0.3) is 0 Å². The van der Waals surface area contributed by atoms with Crippen molar-refractivity contribution >= 4 is 17.2 Å². The van der Waals surface area contributed by atoms with E-state index >= 15 is 0 Å². The summed E-state index contributed by atoms with van der Waals surface area (Å²) in [6, 6.07) is 4.26. The van der Waals surface area contributed by atoms with E-state index in [9.17, 15) is 0 Å². The summed E-state index contributed by atoms with van der Waals surface area (Å²) in [4.78, 5) is 20.8. The maximum atomic E-state index is 6.01. The topological polar surface area (TPSA) is 64.0 Å². The normalized spacial score (nSPS) is 18.8. The number of thiazole rings is 1. The van der Waals surface area contributed by atoms with Crippen LogP contribution >= 0.6 is 11.3 Å². The molecule has 1 aliphatic carbocycles. The number of ether oxygens (including phenoxy) is 1. The minimum atomic E-state index is 0.166. The molecule has 3 aromatic rings. The van der Waals surface area contributed by atoms with E-state index in [-0.39, 0.29) is 6.04 Å². The zero-order chi connectivity index (χ0) is 19.1. The van der Waals surface area contributed by atoms with Crippen LogP contribution in [0.2, 0.25) is 0 Å². The Morgan fingerprint density at radius 1 is 1.21 bits per heavy atom. The summed E-state index contributed by atoms with van der Waals surface area (Å²) in [6.45, 7) is 5.91. The summed E-state index contributed by atoms with van der Waals surface area (Å²) in [5.74, 6) is 3.34. The third-order valence-corrected chi connectivity index (χ3v) is 6.05. The molecule has 0 saturated heterocycles. The van der Waals surface area contributed by atoms with Crippen molar-refractivity contribution in [3.63, 3.8) is 0 Å². The van der Waals surface area contributed by atoms with Crippen molar-refractivity contribution < 1.29 is 4.74 Å². The number of pyridine rings is 1. The van der Waals surface area contributed by atoms with Gasteiger partial charge in [-0.3, -0.25) is 0 Å². The second-order valence-corrected chi connectivity index (χ2v) is 8.36. The molecule has 28 heavy (non-hydrogen) atoms. The number of nitrogens with zero attached hydrogens (tertiary/aromatic N) is 5. The van der Waals surface area contributed by atoms with Gasteiger partial charge in [-0.1, -0.05) is 0 Å². The molecule has 6 nitrogen and oxygen atoms in total. The minimum Gasteiger partial charge on any atom is -0.493 e. The fourth-order valence-electron chi connectivity index (χ4n) is 3.67. The van der Waals surface area contributed by atoms with E-state index in [1.54, 1.807) is 11.3 Å². The van der Waals surface area contributed by atoms with Crippen LogP contribution in [0.15, 0.2) is 29.2 Å². The van der Waals surface area contributed by atoms with Gasteiger partial charge in [0.1, 0.15) is 17.3 Å². The lowest BCUT2D eigenvalue weighted by molar-refractivity contribution is 0.299. The lowest BCUT2D eigenvalue weighted by atomic mass is 9.99. The van der Waals surface area contributed by atoms with E-state index in [1.165, 1.54) is 12.8 Å². The zero-order valence-electron chi connectivity index (χ0n) is 16.1. The standard InChI is InChI=1S/C21H23N5OS/c1-13-7-16(27-10-15-3-4-15)8-20(24-13)26-6-5-18-17(14(26)2)9-22-21(25-18)19-11-28-12-23-19/h7-9,11-12,14-15H,3-6,10H2,1-2H3. The van der Waals surface area contributed by atoms with Gasteiger partial charge in [-0.25, -0.2) is 19.9 Å². The molecule has 0 amide bonds. The summed E-state index contributed by atoms with van der Waals surface area (Å²) in [5.41, 5.74) is 5.92. The number of aromatic nitrogens is 4. The van der Waals surface area contributed by atoms with E-state index in [2.05, 4.69) is 27.9 Å². The van der Waals surface area contributed by atoms with E-state index in [4.69, 9.17) is 14.7 Å². The average Bonchev–Trinajstić information content (AvgIpc) is 3.37. The zero-order valence-corrected chi connectivity index (χ0v) is 16.9. The molecule has 0 spiro atoms. The Kier molecular flexibility index (Phi) is 4.47. The predicted octanol–water partition coefficient (Wildman–Crippen LogP) is 4.22. The Morgan fingerprint density at radius 3 is 2.89 bits per heavy atom. The minimum absolute atomic E-state index is 0.166. The van der Waals surface area contributed by atoms with Gasteiger partial charge >= 0.3 is 0 Å². The monoisotopic (exact) mass is 393 g/mol. The van der Waals surface area contributed by atoms with E-state index in [0.717, 1.165) is 59.7 Å². The van der Waals surface area contributed by atoms with E-state index in [1.807, 2.05) is 30.1 Å². The van der Waals surface area contributed by atoms with Crippen molar-refractivity contribution in [3.05, 3.63) is 46.2 Å². The van der Waals surface area contributed by atoms with Gasteiger partial charge in [0, 0.05) is 47.9 Å². The number of hydrogen-bond donors (Lipinski definition) is 0. The van der Waals surface area contributed by atoms with Crippen molar-refractivity contribution in [3.8, 4) is 17.3 Å². The number of aryl methyl sites for hydroxylation is 1. The second-order valence-electron chi connectivity index (χ2n) is 7.65. The summed E-state index contributed by atoms with van der Waals surface area (Å²) in [7, 11) is 0. The lowest BCUT2D eigenvalue weighted by Crippen LogP contribution is -2.35. The second kappa shape index (κ2) is 7.13. The number of anilines is 1. The van der Waals surface area contributed by atoms with Gasteiger partial charge in [0.2, 0.25) is 0 Å². The fraction of sp³-hybridized carbons (Fsp3) is 0.429. The summed E-state index contributed by atoms with van der Waals surface area (Å²) in [5, 5.41) is 1.99. The van der Waals surface area contributed by atoms with E-state index < -0.39 is 0 Å². The molecule has 1 aliphatic heterocycles. The molecule has 1 saturated carbocycles. The van der Waals surface area contributed by atoms with Gasteiger partial charge in [0.05, 0.1) is 23.9 Å². The van der Waals surface area contributed by atoms with Crippen LogP contribution in [0.3, 0.4) is 0 Å². The van der Waals surface area contributed by atoms with E-state index in [0.29, 0.717) is 5.82 Å². The molecule has 1 fully saturated rings. The largest absolute Gasteiger partial charge is 0.493 e. The van der Waals surface area contributed by atoms with Gasteiger partial charge in [-0.2, -0.15) is 0 Å². The number of fused-ring (bicyclic) bond motifs is 1. The Bertz CT molecular complexity index is 986. The first-order valence-electron chi connectivity index (χ1n) is 9.80. The maximum Gasteiger partial charge on any atom is 0.179 e. The van der Waals surface area contributed by atoms with Crippen LogP contribution < -0.4 is 9.64 Å². The molecule has 0 radical (unpaired) electrons. The quantitative estimate of drug-likeness (QED) is 0.647. The van der Waals surface area contributed by atoms with Crippen LogP contribution in [0.4, 0.5) is 5.82 Å². The van der Waals surface area contributed by atoms with Gasteiger partial charge < -0.3 is 9.64 Å². The lowest BCUT2D eigenvalue weighted by Gasteiger charge is -2.35. The summed E-state index contributed by atoms with van der Waals surface area (Å²) in [6.07, 6.45) is 5.40. The Hall–Kier alpha value is -2.54. The highest BCUT2D eigenvalue weighted by Crippen LogP contribution is 2.35. The van der Waals surface area contributed by atoms with Crippen LogP contribution in [0, 0.1) is 12.8 Å². The molecule has 7 heteroatoms. The number of hydrogen-bond acceptors (Lipinski definition) is 7. The SMILES string of the molecule is Cc1cc(OCC2CC2)cc(N2CCc3nc(-c4cscn4)ncc3C2C)n1. The molecular formula is C21H23N5OS. The molecule has 0 bridgehead atoms. The summed E-state index contributed by atoms with van der Waals surface area (Å²) < 4.78 is 6.01. The van der Waals surface area contributed by atoms with Crippen LogP contribution in [0.1, 0.15) is 42.8 Å². The highest BCUT2D eigenvalue weighted by molar-refractivity contribution is 7.07. The van der Waals surface area contributed by atoms with Crippen molar-refractivity contribution in [2.75, 3.05) is 18.1 Å². The van der Waals surface area contributed by atoms with Crippen LogP contribution in [0.25, 0.3) is 11.5 Å². The smallest absolute Gasteiger partial charge is 0.179 e. The molecule has 0 N–H and O–H groups in total. The van der Waals surface area contributed by atoms with Crippen molar-refractivity contribution in [1.29, 1.82) is 0 Å². The first-order chi connectivity index (χ1) is 13.7. The molecule has 2 aliphatic rings. The van der Waals surface area contributed by atoms with Crippen LogP contribution in [-0.4, -0.2) is 33.1 Å². The predicted molar refractivity (Wildman–Crippen MR) is 110 cm³/mol.